The smallest absolute Gasteiger partial charge is 0.246 e. The van der Waals surface area contributed by atoms with Crippen molar-refractivity contribution in [1.29, 1.82) is 0 Å². The van der Waals surface area contributed by atoms with E-state index in [-0.39, 0.29) is 17.6 Å². The molecule has 2 aliphatic rings. The molecule has 2 heterocycles. The molecule has 28 heavy (non-hydrogen) atoms. The first-order valence-corrected chi connectivity index (χ1v) is 10.6. The topological polar surface area (TPSA) is 85.6 Å². The lowest BCUT2D eigenvalue weighted by molar-refractivity contribution is -0.170. The van der Waals surface area contributed by atoms with Gasteiger partial charge in [-0.3, -0.25) is 10.1 Å². The van der Waals surface area contributed by atoms with Gasteiger partial charge in [-0.15, -0.1) is 0 Å². The maximum absolute atomic E-state index is 12.7. The molecule has 1 aliphatic heterocycles. The molecule has 3 rings (SSSR count). The zero-order valence-electron chi connectivity index (χ0n) is 17.7. The van der Waals surface area contributed by atoms with E-state index in [0.717, 1.165) is 44.4 Å². The van der Waals surface area contributed by atoms with Gasteiger partial charge in [0.2, 0.25) is 11.8 Å². The standard InChI is InChI=1S/C21H35N3O4/c1-20(2,14-27-18-11-7-8-12-26-18)16-13-17(28-24-16)22-19(25)21(3,4)23-15-9-5-6-10-15/h13,15,18,23H,5-12,14H2,1-4H3,(H,22,25). The van der Waals surface area contributed by atoms with Crippen LogP contribution in [0.5, 0.6) is 0 Å². The second-order valence-electron chi connectivity index (χ2n) is 9.27. The Bertz CT molecular complexity index is 644. The molecule has 1 saturated carbocycles. The lowest BCUT2D eigenvalue weighted by atomic mass is 9.90. The second kappa shape index (κ2) is 8.93. The van der Waals surface area contributed by atoms with Crippen molar-refractivity contribution in [3.05, 3.63) is 11.8 Å². The minimum atomic E-state index is -0.668. The first-order valence-electron chi connectivity index (χ1n) is 10.6. The minimum Gasteiger partial charge on any atom is -0.353 e. The number of hydrogen-bond acceptors (Lipinski definition) is 6. The summed E-state index contributed by atoms with van der Waals surface area (Å²) in [7, 11) is 0. The predicted molar refractivity (Wildman–Crippen MR) is 107 cm³/mol. The van der Waals surface area contributed by atoms with Gasteiger partial charge in [0.1, 0.15) is 0 Å². The molecule has 2 N–H and O–H groups in total. The number of hydrogen-bond donors (Lipinski definition) is 2. The number of carbonyl (C=O) groups excluding carboxylic acids is 1. The zero-order valence-corrected chi connectivity index (χ0v) is 17.7. The molecule has 158 valence electrons. The van der Waals surface area contributed by atoms with Gasteiger partial charge in [-0.05, 0) is 46.0 Å². The number of amides is 1. The van der Waals surface area contributed by atoms with E-state index in [1.807, 2.05) is 27.7 Å². The van der Waals surface area contributed by atoms with Crippen LogP contribution in [-0.4, -0.2) is 42.1 Å². The zero-order chi connectivity index (χ0) is 20.2. The van der Waals surface area contributed by atoms with Gasteiger partial charge in [-0.25, -0.2) is 0 Å². The Morgan fingerprint density at radius 3 is 2.57 bits per heavy atom. The van der Waals surface area contributed by atoms with Crippen molar-refractivity contribution in [2.24, 2.45) is 0 Å². The third kappa shape index (κ3) is 5.55. The first-order chi connectivity index (χ1) is 13.3. The van der Waals surface area contributed by atoms with Gasteiger partial charge in [0.25, 0.3) is 0 Å². The molecule has 0 radical (unpaired) electrons. The Labute approximate surface area is 167 Å². The van der Waals surface area contributed by atoms with Crippen molar-refractivity contribution in [3.63, 3.8) is 0 Å². The molecule has 7 nitrogen and oxygen atoms in total. The highest BCUT2D eigenvalue weighted by Gasteiger charge is 2.33. The maximum atomic E-state index is 12.7. The van der Waals surface area contributed by atoms with Crippen LogP contribution in [0.2, 0.25) is 0 Å². The Morgan fingerprint density at radius 2 is 1.89 bits per heavy atom. The Kier molecular flexibility index (Phi) is 6.78. The van der Waals surface area contributed by atoms with Crippen molar-refractivity contribution in [2.45, 2.75) is 95.9 Å². The fourth-order valence-corrected chi connectivity index (χ4v) is 3.79. The summed E-state index contributed by atoms with van der Waals surface area (Å²) < 4.78 is 16.9. The van der Waals surface area contributed by atoms with Crippen LogP contribution in [0.3, 0.4) is 0 Å². The normalized spacial score (nSPS) is 21.8. The molecule has 1 unspecified atom stereocenters. The molecule has 0 spiro atoms. The van der Waals surface area contributed by atoms with Crippen LogP contribution in [0.1, 0.15) is 78.3 Å². The summed E-state index contributed by atoms with van der Waals surface area (Å²) in [6, 6.07) is 2.19. The number of ether oxygens (including phenoxy) is 2. The van der Waals surface area contributed by atoms with Gasteiger partial charge < -0.3 is 19.3 Å². The number of carbonyl (C=O) groups is 1. The van der Waals surface area contributed by atoms with Crippen molar-refractivity contribution in [3.8, 4) is 0 Å². The summed E-state index contributed by atoms with van der Waals surface area (Å²) in [4.78, 5) is 12.7. The van der Waals surface area contributed by atoms with Crippen LogP contribution in [0, 0.1) is 0 Å². The highest BCUT2D eigenvalue weighted by Crippen LogP contribution is 2.27. The monoisotopic (exact) mass is 393 g/mol. The van der Waals surface area contributed by atoms with Crippen molar-refractivity contribution < 1.29 is 18.8 Å². The van der Waals surface area contributed by atoms with E-state index < -0.39 is 5.54 Å². The average molecular weight is 394 g/mol. The van der Waals surface area contributed by atoms with E-state index in [2.05, 4.69) is 15.8 Å². The van der Waals surface area contributed by atoms with E-state index in [1.54, 1.807) is 6.07 Å². The fourth-order valence-electron chi connectivity index (χ4n) is 3.79. The summed E-state index contributed by atoms with van der Waals surface area (Å²) >= 11 is 0. The summed E-state index contributed by atoms with van der Waals surface area (Å²) in [5.74, 6) is 0.245. The number of rotatable bonds is 8. The Balaban J connectivity index is 1.53. The predicted octanol–water partition coefficient (Wildman–Crippen LogP) is 3.74. The average Bonchev–Trinajstić information content (AvgIpc) is 3.33. The van der Waals surface area contributed by atoms with Crippen molar-refractivity contribution >= 4 is 11.8 Å². The fraction of sp³-hybridized carbons (Fsp3) is 0.810. The van der Waals surface area contributed by atoms with Crippen LogP contribution >= 0.6 is 0 Å². The highest BCUT2D eigenvalue weighted by molar-refractivity contribution is 5.96. The van der Waals surface area contributed by atoms with Gasteiger partial charge in [-0.2, -0.15) is 0 Å². The van der Waals surface area contributed by atoms with E-state index in [4.69, 9.17) is 14.0 Å². The van der Waals surface area contributed by atoms with Crippen LogP contribution in [0.15, 0.2) is 10.6 Å². The maximum Gasteiger partial charge on any atom is 0.246 e. The molecule has 0 bridgehead atoms. The van der Waals surface area contributed by atoms with E-state index in [0.29, 0.717) is 18.5 Å². The largest absolute Gasteiger partial charge is 0.353 e. The van der Waals surface area contributed by atoms with Crippen LogP contribution in [-0.2, 0) is 19.7 Å². The lowest BCUT2D eigenvalue weighted by Crippen LogP contribution is -2.53. The molecule has 1 atom stereocenters. The number of anilines is 1. The van der Waals surface area contributed by atoms with Gasteiger partial charge in [-0.1, -0.05) is 31.8 Å². The Hall–Kier alpha value is -1.44. The van der Waals surface area contributed by atoms with E-state index in [1.165, 1.54) is 12.8 Å². The highest BCUT2D eigenvalue weighted by atomic mass is 16.7. The molecule has 1 aromatic heterocycles. The first kappa shape index (κ1) is 21.3. The number of nitrogens with zero attached hydrogens (tertiary/aromatic N) is 1. The van der Waals surface area contributed by atoms with Crippen LogP contribution < -0.4 is 10.6 Å². The molecule has 2 fully saturated rings. The van der Waals surface area contributed by atoms with E-state index >= 15 is 0 Å². The van der Waals surface area contributed by atoms with Gasteiger partial charge in [0.15, 0.2) is 6.29 Å². The van der Waals surface area contributed by atoms with Gasteiger partial charge in [0.05, 0.1) is 17.8 Å². The number of nitrogens with one attached hydrogen (secondary N) is 2. The third-order valence-corrected chi connectivity index (χ3v) is 5.70. The van der Waals surface area contributed by atoms with Crippen molar-refractivity contribution in [1.82, 2.24) is 10.5 Å². The molecule has 7 heteroatoms. The third-order valence-electron chi connectivity index (χ3n) is 5.70. The molecule has 1 aromatic rings. The molecule has 1 saturated heterocycles. The SMILES string of the molecule is CC(C)(NC1CCCC1)C(=O)Nc1cc(C(C)(C)COC2CCCCO2)no1. The minimum absolute atomic E-state index is 0.119. The molecule has 0 aromatic carbocycles. The summed E-state index contributed by atoms with van der Waals surface area (Å²) in [6.45, 7) is 9.14. The van der Waals surface area contributed by atoms with Crippen LogP contribution in [0.4, 0.5) is 5.88 Å². The van der Waals surface area contributed by atoms with Crippen LogP contribution in [0.25, 0.3) is 0 Å². The lowest BCUT2D eigenvalue weighted by Gasteiger charge is -2.28. The molecule has 1 aliphatic carbocycles. The Morgan fingerprint density at radius 1 is 1.18 bits per heavy atom. The summed E-state index contributed by atoms with van der Waals surface area (Å²) in [6.07, 6.45) is 7.73. The second-order valence-corrected chi connectivity index (χ2v) is 9.27. The molecular formula is C21H35N3O4. The molecule has 1 amide bonds. The summed E-state index contributed by atoms with van der Waals surface area (Å²) in [5, 5.41) is 10.5. The quantitative estimate of drug-likeness (QED) is 0.700. The molecular weight excluding hydrogens is 358 g/mol. The summed E-state index contributed by atoms with van der Waals surface area (Å²) in [5.41, 5.74) is -0.260. The number of aromatic nitrogens is 1. The van der Waals surface area contributed by atoms with Gasteiger partial charge in [0, 0.05) is 24.1 Å². The van der Waals surface area contributed by atoms with Gasteiger partial charge >= 0.3 is 0 Å². The van der Waals surface area contributed by atoms with Crippen molar-refractivity contribution in [2.75, 3.05) is 18.5 Å². The van der Waals surface area contributed by atoms with E-state index in [9.17, 15) is 4.79 Å².